The smallest absolute Gasteiger partial charge is 0.227 e. The van der Waals surface area contributed by atoms with Crippen molar-refractivity contribution in [2.75, 3.05) is 18.1 Å². The summed E-state index contributed by atoms with van der Waals surface area (Å²) in [6.45, 7) is 5.92. The molecule has 1 unspecified atom stereocenters. The van der Waals surface area contributed by atoms with Crippen LogP contribution in [0.3, 0.4) is 0 Å². The lowest BCUT2D eigenvalue weighted by atomic mass is 10.0. The molecule has 0 radical (unpaired) electrons. The van der Waals surface area contributed by atoms with Crippen molar-refractivity contribution in [3.8, 4) is 5.75 Å². The van der Waals surface area contributed by atoms with Crippen molar-refractivity contribution in [1.29, 1.82) is 0 Å². The summed E-state index contributed by atoms with van der Waals surface area (Å²) < 4.78 is 21.9. The second-order valence-electron chi connectivity index (χ2n) is 9.07. The van der Waals surface area contributed by atoms with Crippen LogP contribution in [0.5, 0.6) is 5.75 Å². The number of anilines is 1. The highest BCUT2D eigenvalue weighted by Crippen LogP contribution is 2.33. The molecule has 1 atom stereocenters. The molecule has 34 heavy (non-hydrogen) atoms. The van der Waals surface area contributed by atoms with Crippen LogP contribution in [0.4, 0.5) is 10.1 Å². The molecule has 4 aromatic rings. The number of rotatable bonds is 7. The van der Waals surface area contributed by atoms with Crippen LogP contribution in [0.25, 0.3) is 11.0 Å². The number of imidazole rings is 1. The first kappa shape index (κ1) is 22.1. The van der Waals surface area contributed by atoms with Crippen LogP contribution < -0.4 is 9.64 Å². The Hall–Kier alpha value is -3.67. The fraction of sp³-hybridized carbons (Fsp3) is 0.286. The molecule has 1 aromatic heterocycles. The summed E-state index contributed by atoms with van der Waals surface area (Å²) in [5, 5.41) is 0. The molecular weight excluding hydrogens is 429 g/mol. The van der Waals surface area contributed by atoms with E-state index in [9.17, 15) is 9.18 Å². The van der Waals surface area contributed by atoms with Gasteiger partial charge in [0.05, 0.1) is 17.6 Å². The molecule has 174 valence electrons. The molecule has 1 aliphatic heterocycles. The first-order valence-corrected chi connectivity index (χ1v) is 11.7. The van der Waals surface area contributed by atoms with Crippen molar-refractivity contribution < 1.29 is 13.9 Å². The summed E-state index contributed by atoms with van der Waals surface area (Å²) in [7, 11) is 0. The number of para-hydroxylation sites is 2. The number of fused-ring (bicyclic) bond motifs is 1. The van der Waals surface area contributed by atoms with Crippen LogP contribution in [0.15, 0.2) is 72.8 Å². The quantitative estimate of drug-likeness (QED) is 0.347. The van der Waals surface area contributed by atoms with E-state index in [4.69, 9.17) is 9.72 Å². The number of benzene rings is 3. The highest BCUT2D eigenvalue weighted by Gasteiger charge is 2.35. The third-order valence-corrected chi connectivity index (χ3v) is 6.42. The normalized spacial score (nSPS) is 16.1. The maximum atomic E-state index is 13.7. The van der Waals surface area contributed by atoms with Gasteiger partial charge in [0.25, 0.3) is 0 Å². The highest BCUT2D eigenvalue weighted by molar-refractivity contribution is 5.96. The van der Waals surface area contributed by atoms with E-state index in [0.29, 0.717) is 37.7 Å². The summed E-state index contributed by atoms with van der Waals surface area (Å²) in [4.78, 5) is 19.4. The largest absolute Gasteiger partial charge is 0.492 e. The van der Waals surface area contributed by atoms with Crippen LogP contribution in [-0.2, 0) is 11.3 Å². The zero-order valence-electron chi connectivity index (χ0n) is 19.4. The Balaban J connectivity index is 1.36. The fourth-order valence-corrected chi connectivity index (χ4v) is 4.62. The van der Waals surface area contributed by atoms with Crippen molar-refractivity contribution in [3.05, 3.63) is 90.0 Å². The van der Waals surface area contributed by atoms with E-state index < -0.39 is 0 Å². The van der Waals surface area contributed by atoms with Gasteiger partial charge in [-0.2, -0.15) is 0 Å². The van der Waals surface area contributed by atoms with Gasteiger partial charge in [-0.1, -0.05) is 44.2 Å². The number of halogens is 1. The van der Waals surface area contributed by atoms with Crippen molar-refractivity contribution in [2.45, 2.75) is 38.6 Å². The van der Waals surface area contributed by atoms with Gasteiger partial charge in [-0.15, -0.1) is 0 Å². The minimum absolute atomic E-state index is 0.0179. The van der Waals surface area contributed by atoms with Crippen molar-refractivity contribution in [1.82, 2.24) is 9.55 Å². The van der Waals surface area contributed by atoms with E-state index >= 15 is 0 Å². The summed E-state index contributed by atoms with van der Waals surface area (Å²) in [6.07, 6.45) is 0.345. The van der Waals surface area contributed by atoms with Crippen LogP contribution in [0.2, 0.25) is 0 Å². The molecular formula is C28H28FN3O2. The van der Waals surface area contributed by atoms with Crippen molar-refractivity contribution >= 4 is 22.6 Å². The average molecular weight is 458 g/mol. The third kappa shape index (κ3) is 4.40. The minimum atomic E-state index is -0.348. The molecule has 0 spiro atoms. The Morgan fingerprint density at radius 3 is 2.62 bits per heavy atom. The molecule has 2 heterocycles. The van der Waals surface area contributed by atoms with Crippen molar-refractivity contribution in [3.63, 3.8) is 0 Å². The molecule has 1 aliphatic rings. The summed E-state index contributed by atoms with van der Waals surface area (Å²) >= 11 is 0. The Bertz CT molecular complexity index is 1310. The van der Waals surface area contributed by atoms with E-state index in [0.717, 1.165) is 22.6 Å². The number of aromatic nitrogens is 2. The Morgan fingerprint density at radius 2 is 1.85 bits per heavy atom. The summed E-state index contributed by atoms with van der Waals surface area (Å²) in [6, 6.07) is 22.4. The van der Waals surface area contributed by atoms with Crippen LogP contribution in [0.1, 0.15) is 43.5 Å². The molecule has 5 nitrogen and oxygen atoms in total. The second-order valence-corrected chi connectivity index (χ2v) is 9.07. The van der Waals surface area contributed by atoms with Gasteiger partial charge >= 0.3 is 0 Å². The molecule has 1 fully saturated rings. The SMILES string of the molecule is CC(C)c1ccc(OCCn2c(C3CC(=O)N(c4cccc(F)c4)C3)nc3ccccc32)cc1. The highest BCUT2D eigenvalue weighted by atomic mass is 19.1. The molecule has 3 aromatic carbocycles. The van der Waals surface area contributed by atoms with Gasteiger partial charge in [-0.25, -0.2) is 9.37 Å². The molecule has 0 bridgehead atoms. The van der Waals surface area contributed by atoms with Crippen LogP contribution in [0, 0.1) is 5.82 Å². The van der Waals surface area contributed by atoms with Crippen molar-refractivity contribution in [2.24, 2.45) is 0 Å². The van der Waals surface area contributed by atoms with Gasteiger partial charge in [0.2, 0.25) is 5.91 Å². The summed E-state index contributed by atoms with van der Waals surface area (Å²) in [5.74, 6) is 1.75. The summed E-state index contributed by atoms with van der Waals surface area (Å²) in [5.41, 5.74) is 3.79. The number of ether oxygens (including phenoxy) is 1. The zero-order valence-corrected chi connectivity index (χ0v) is 19.4. The van der Waals surface area contributed by atoms with Gasteiger partial charge < -0.3 is 14.2 Å². The lowest BCUT2D eigenvalue weighted by molar-refractivity contribution is -0.117. The topological polar surface area (TPSA) is 47.4 Å². The van der Waals surface area contributed by atoms with Gasteiger partial charge in [0.15, 0.2) is 0 Å². The third-order valence-electron chi connectivity index (χ3n) is 6.42. The number of hydrogen-bond donors (Lipinski definition) is 0. The molecule has 6 heteroatoms. The van der Waals surface area contributed by atoms with E-state index in [1.165, 1.54) is 17.7 Å². The van der Waals surface area contributed by atoms with E-state index in [1.54, 1.807) is 17.0 Å². The van der Waals surface area contributed by atoms with Gasteiger partial charge in [0.1, 0.15) is 24.0 Å². The van der Waals surface area contributed by atoms with E-state index in [1.807, 2.05) is 36.4 Å². The van der Waals surface area contributed by atoms with E-state index in [-0.39, 0.29) is 17.6 Å². The predicted molar refractivity (Wildman–Crippen MR) is 132 cm³/mol. The molecule has 0 saturated carbocycles. The van der Waals surface area contributed by atoms with Gasteiger partial charge in [0, 0.05) is 24.6 Å². The maximum absolute atomic E-state index is 13.7. The maximum Gasteiger partial charge on any atom is 0.227 e. The minimum Gasteiger partial charge on any atom is -0.492 e. The van der Waals surface area contributed by atoms with E-state index in [2.05, 4.69) is 30.5 Å². The number of carbonyl (C=O) groups excluding carboxylic acids is 1. The lowest BCUT2D eigenvalue weighted by Crippen LogP contribution is -2.24. The first-order chi connectivity index (χ1) is 16.5. The number of nitrogens with zero attached hydrogens (tertiary/aromatic N) is 3. The Labute approximate surface area is 198 Å². The second kappa shape index (κ2) is 9.29. The van der Waals surface area contributed by atoms with Crippen LogP contribution in [-0.4, -0.2) is 28.6 Å². The molecule has 1 amide bonds. The monoisotopic (exact) mass is 457 g/mol. The average Bonchev–Trinajstić information content (AvgIpc) is 3.40. The number of carbonyl (C=O) groups is 1. The standard InChI is InChI=1S/C28H28FN3O2/c1-19(2)20-10-12-24(13-11-20)34-15-14-31-26-9-4-3-8-25(26)30-28(31)21-16-27(33)32(18-21)23-7-5-6-22(29)17-23/h3-13,17,19,21H,14-16,18H2,1-2H3. The zero-order chi connectivity index (χ0) is 23.7. The lowest BCUT2D eigenvalue weighted by Gasteiger charge is -2.17. The number of hydrogen-bond acceptors (Lipinski definition) is 3. The molecule has 1 saturated heterocycles. The molecule has 0 N–H and O–H groups in total. The molecule has 0 aliphatic carbocycles. The van der Waals surface area contributed by atoms with Gasteiger partial charge in [-0.3, -0.25) is 4.79 Å². The fourth-order valence-electron chi connectivity index (χ4n) is 4.62. The number of amides is 1. The van der Waals surface area contributed by atoms with Crippen LogP contribution >= 0.6 is 0 Å². The Morgan fingerprint density at radius 1 is 1.06 bits per heavy atom. The Kier molecular flexibility index (Phi) is 6.05. The predicted octanol–water partition coefficient (Wildman–Crippen LogP) is 5.90. The van der Waals surface area contributed by atoms with Gasteiger partial charge in [-0.05, 0) is 53.9 Å². The first-order valence-electron chi connectivity index (χ1n) is 11.7. The molecule has 5 rings (SSSR count).